The summed E-state index contributed by atoms with van der Waals surface area (Å²) in [4.78, 5) is 14.3. The lowest BCUT2D eigenvalue weighted by molar-refractivity contribution is -0.136. The van der Waals surface area contributed by atoms with Crippen LogP contribution in [0.15, 0.2) is 10.9 Å². The van der Waals surface area contributed by atoms with Crippen molar-refractivity contribution in [2.75, 3.05) is 12.8 Å². The average Bonchev–Trinajstić information content (AvgIpc) is 2.67. The number of rotatable bonds is 6. The van der Waals surface area contributed by atoms with E-state index in [1.807, 2.05) is 0 Å². The average molecular weight is 264 g/mol. The van der Waals surface area contributed by atoms with Crippen molar-refractivity contribution in [2.24, 2.45) is 0 Å². The van der Waals surface area contributed by atoms with Gasteiger partial charge in [-0.15, -0.1) is 11.3 Å². The number of sulfonamides is 1. The second kappa shape index (κ2) is 5.37. The van der Waals surface area contributed by atoms with Crippen molar-refractivity contribution in [1.82, 2.24) is 9.29 Å². The van der Waals surface area contributed by atoms with Gasteiger partial charge in [0.25, 0.3) is 0 Å². The third kappa shape index (κ3) is 3.87. The van der Waals surface area contributed by atoms with Crippen LogP contribution in [0.5, 0.6) is 0 Å². The smallest absolute Gasteiger partial charge is 0.304 e. The van der Waals surface area contributed by atoms with Gasteiger partial charge in [0.2, 0.25) is 10.0 Å². The van der Waals surface area contributed by atoms with Crippen molar-refractivity contribution in [3.63, 3.8) is 0 Å². The number of nitrogens with zero attached hydrogens (tertiary/aromatic N) is 2. The molecule has 1 rings (SSSR count). The Labute approximate surface area is 97.6 Å². The lowest BCUT2D eigenvalue weighted by atomic mass is 10.5. The number of hydrogen-bond acceptors (Lipinski definition) is 5. The highest BCUT2D eigenvalue weighted by Gasteiger charge is 2.19. The van der Waals surface area contributed by atoms with Crippen LogP contribution in [-0.4, -0.2) is 41.6 Å². The van der Waals surface area contributed by atoms with Crippen LogP contribution in [0, 0.1) is 0 Å². The summed E-state index contributed by atoms with van der Waals surface area (Å²) in [6, 6.07) is 0. The zero-order chi connectivity index (χ0) is 12.2. The van der Waals surface area contributed by atoms with E-state index in [0.29, 0.717) is 5.69 Å². The van der Waals surface area contributed by atoms with Gasteiger partial charge < -0.3 is 5.11 Å². The maximum atomic E-state index is 11.6. The Hall–Kier alpha value is -0.990. The maximum Gasteiger partial charge on any atom is 0.304 e. The van der Waals surface area contributed by atoms with Gasteiger partial charge in [0.1, 0.15) is 0 Å². The lowest BCUT2D eigenvalue weighted by Crippen LogP contribution is -2.29. The minimum atomic E-state index is -3.51. The zero-order valence-corrected chi connectivity index (χ0v) is 10.3. The number of thiazole rings is 1. The summed E-state index contributed by atoms with van der Waals surface area (Å²) in [5.74, 6) is -1.51. The quantitative estimate of drug-likeness (QED) is 0.802. The fraction of sp³-hybridized carbons (Fsp3) is 0.500. The molecule has 0 amide bonds. The molecule has 1 aromatic rings. The van der Waals surface area contributed by atoms with Crippen LogP contribution in [0.2, 0.25) is 0 Å². The number of carboxylic acid groups (broad SMARTS) is 1. The molecule has 1 N–H and O–H groups in total. The van der Waals surface area contributed by atoms with Crippen molar-refractivity contribution in [2.45, 2.75) is 13.0 Å². The van der Waals surface area contributed by atoms with Crippen LogP contribution in [0.4, 0.5) is 0 Å². The molecule has 1 aromatic heterocycles. The van der Waals surface area contributed by atoms with Gasteiger partial charge in [-0.2, -0.15) is 4.31 Å². The second-order valence-corrected chi connectivity index (χ2v) is 6.11. The molecule has 8 heteroatoms. The number of aliphatic carboxylic acids is 1. The van der Waals surface area contributed by atoms with Crippen molar-refractivity contribution in [3.05, 3.63) is 16.6 Å². The molecule has 0 aliphatic carbocycles. The normalized spacial score (nSPS) is 11.9. The van der Waals surface area contributed by atoms with E-state index in [4.69, 9.17) is 5.11 Å². The molecule has 0 unspecified atom stereocenters. The molecule has 0 radical (unpaired) electrons. The van der Waals surface area contributed by atoms with Crippen molar-refractivity contribution < 1.29 is 18.3 Å². The highest BCUT2D eigenvalue weighted by Crippen LogP contribution is 2.08. The summed E-state index contributed by atoms with van der Waals surface area (Å²) < 4.78 is 24.3. The highest BCUT2D eigenvalue weighted by molar-refractivity contribution is 7.89. The highest BCUT2D eigenvalue weighted by atomic mass is 32.2. The summed E-state index contributed by atoms with van der Waals surface area (Å²) in [6.07, 6.45) is -0.385. The minimum absolute atomic E-state index is 0.172. The molecule has 0 atom stereocenters. The van der Waals surface area contributed by atoms with Crippen LogP contribution in [0.1, 0.15) is 12.1 Å². The molecular weight excluding hydrogens is 252 g/mol. The number of carbonyl (C=O) groups is 1. The molecule has 0 fully saturated rings. The summed E-state index contributed by atoms with van der Waals surface area (Å²) in [5, 5.41) is 10.2. The fourth-order valence-electron chi connectivity index (χ4n) is 1.01. The van der Waals surface area contributed by atoms with E-state index < -0.39 is 16.0 Å². The second-order valence-electron chi connectivity index (χ2n) is 3.20. The van der Waals surface area contributed by atoms with Gasteiger partial charge in [-0.25, -0.2) is 13.4 Å². The van der Waals surface area contributed by atoms with Crippen LogP contribution in [0.3, 0.4) is 0 Å². The molecule has 90 valence electrons. The summed E-state index contributed by atoms with van der Waals surface area (Å²) in [6.45, 7) is 0.172. The van der Waals surface area contributed by atoms with E-state index in [-0.39, 0.29) is 18.7 Å². The Balaban J connectivity index is 2.58. The Bertz CT molecular complexity index is 441. The molecule has 1 heterocycles. The first-order chi connectivity index (χ1) is 7.42. The van der Waals surface area contributed by atoms with Gasteiger partial charge in [0.05, 0.1) is 29.9 Å². The van der Waals surface area contributed by atoms with E-state index in [2.05, 4.69) is 4.98 Å². The van der Waals surface area contributed by atoms with Crippen molar-refractivity contribution in [1.29, 1.82) is 0 Å². The summed E-state index contributed by atoms with van der Waals surface area (Å²) >= 11 is 1.38. The van der Waals surface area contributed by atoms with E-state index in [9.17, 15) is 13.2 Å². The third-order valence-electron chi connectivity index (χ3n) is 1.92. The van der Waals surface area contributed by atoms with Crippen LogP contribution >= 0.6 is 11.3 Å². The Morgan fingerprint density at radius 2 is 2.31 bits per heavy atom. The first-order valence-corrected chi connectivity index (χ1v) is 7.00. The van der Waals surface area contributed by atoms with Gasteiger partial charge in [-0.1, -0.05) is 0 Å². The first kappa shape index (κ1) is 13.1. The molecule has 0 saturated carbocycles. The van der Waals surface area contributed by atoms with Crippen molar-refractivity contribution in [3.8, 4) is 0 Å². The van der Waals surface area contributed by atoms with E-state index in [0.717, 1.165) is 4.31 Å². The molecule has 0 spiro atoms. The van der Waals surface area contributed by atoms with Crippen molar-refractivity contribution >= 4 is 27.3 Å². The van der Waals surface area contributed by atoms with Gasteiger partial charge in [0.15, 0.2) is 0 Å². The van der Waals surface area contributed by atoms with Crippen LogP contribution in [0.25, 0.3) is 0 Å². The molecule has 6 nitrogen and oxygen atoms in total. The first-order valence-electron chi connectivity index (χ1n) is 4.44. The standard InChI is InChI=1S/C8H12N2O4S2/c1-10(4-7-5-15-6-9-7)16(13,14)3-2-8(11)12/h5-6H,2-4H2,1H3,(H,11,12). The number of hydrogen-bond donors (Lipinski definition) is 1. The zero-order valence-electron chi connectivity index (χ0n) is 8.66. The maximum absolute atomic E-state index is 11.6. The monoisotopic (exact) mass is 264 g/mol. The minimum Gasteiger partial charge on any atom is -0.481 e. The van der Waals surface area contributed by atoms with E-state index in [1.165, 1.54) is 18.4 Å². The number of aromatic nitrogens is 1. The number of carboxylic acids is 1. The largest absolute Gasteiger partial charge is 0.481 e. The molecular formula is C8H12N2O4S2. The molecule has 16 heavy (non-hydrogen) atoms. The third-order valence-corrected chi connectivity index (χ3v) is 4.35. The van der Waals surface area contributed by atoms with Gasteiger partial charge >= 0.3 is 5.97 Å². The molecule has 0 aliphatic rings. The summed E-state index contributed by atoms with van der Waals surface area (Å²) in [5.41, 5.74) is 2.28. The predicted molar refractivity (Wildman–Crippen MR) is 59.6 cm³/mol. The van der Waals surface area contributed by atoms with Gasteiger partial charge in [0, 0.05) is 12.4 Å². The predicted octanol–water partition coefficient (Wildman–Crippen LogP) is 0.379. The van der Waals surface area contributed by atoms with Crippen LogP contribution < -0.4 is 0 Å². The van der Waals surface area contributed by atoms with Gasteiger partial charge in [-0.3, -0.25) is 4.79 Å². The fourth-order valence-corrected chi connectivity index (χ4v) is 2.64. The topological polar surface area (TPSA) is 87.6 Å². The Kier molecular flexibility index (Phi) is 4.39. The molecule has 0 aliphatic heterocycles. The SMILES string of the molecule is CN(Cc1cscn1)S(=O)(=O)CCC(=O)O. The van der Waals surface area contributed by atoms with E-state index in [1.54, 1.807) is 10.9 Å². The summed E-state index contributed by atoms with van der Waals surface area (Å²) in [7, 11) is -2.10. The molecule has 0 saturated heterocycles. The van der Waals surface area contributed by atoms with Gasteiger partial charge in [-0.05, 0) is 0 Å². The molecule has 0 aromatic carbocycles. The van der Waals surface area contributed by atoms with E-state index >= 15 is 0 Å². The molecule has 0 bridgehead atoms. The lowest BCUT2D eigenvalue weighted by Gasteiger charge is -2.14. The Morgan fingerprint density at radius 1 is 1.62 bits per heavy atom. The van der Waals surface area contributed by atoms with Crippen LogP contribution in [-0.2, 0) is 21.4 Å². The Morgan fingerprint density at radius 3 is 2.81 bits per heavy atom.